The second kappa shape index (κ2) is 9.52. The first-order chi connectivity index (χ1) is 20.3. The fourth-order valence-electron chi connectivity index (χ4n) is 6.26. The topological polar surface area (TPSA) is 138 Å². The van der Waals surface area contributed by atoms with Crippen molar-refractivity contribution in [2.24, 2.45) is 5.41 Å². The molecule has 1 aromatic heterocycles. The lowest BCUT2D eigenvalue weighted by Gasteiger charge is -2.55. The Hall–Kier alpha value is -5.04. The Morgan fingerprint density at radius 3 is 2.60 bits per heavy atom. The molecule has 4 aromatic rings. The van der Waals surface area contributed by atoms with Gasteiger partial charge in [-0.15, -0.1) is 0 Å². The standard InChI is InChI=1S/C29H24N6O6S/c1-41-20-9-6-18(7-10-20)34-26(37)29(25(36)31-27(34)38)15-17-14-19(35(39)40)8-11-22(17)33-13-12-32(16-24(29)33)28-30-21-4-2-3-5-23(21)42-28/h2-11,14,24H,12-13,15-16H2,1H3,(H,31,36,38)/t24-,29+/m1/s1. The summed E-state index contributed by atoms with van der Waals surface area (Å²) in [6.07, 6.45) is -0.108. The van der Waals surface area contributed by atoms with Gasteiger partial charge in [0.25, 0.3) is 11.6 Å². The number of ether oxygens (including phenoxy) is 1. The summed E-state index contributed by atoms with van der Waals surface area (Å²) in [6, 6.07) is 17.2. The Morgan fingerprint density at radius 1 is 1.07 bits per heavy atom. The van der Waals surface area contributed by atoms with Crippen molar-refractivity contribution in [2.45, 2.75) is 12.5 Å². The molecule has 3 aliphatic rings. The number of benzene rings is 3. The Balaban J connectivity index is 1.36. The number of methoxy groups -OCH3 is 1. The molecule has 4 heterocycles. The highest BCUT2D eigenvalue weighted by Crippen LogP contribution is 2.48. The minimum Gasteiger partial charge on any atom is -0.497 e. The zero-order chi connectivity index (χ0) is 29.2. The van der Waals surface area contributed by atoms with Crippen LogP contribution in [0.5, 0.6) is 5.75 Å². The van der Waals surface area contributed by atoms with E-state index in [2.05, 4.69) is 10.2 Å². The van der Waals surface area contributed by atoms with Crippen molar-refractivity contribution < 1.29 is 24.0 Å². The van der Waals surface area contributed by atoms with Gasteiger partial charge in [0.15, 0.2) is 10.5 Å². The van der Waals surface area contributed by atoms with Crippen molar-refractivity contribution in [3.63, 3.8) is 0 Å². The number of nitrogens with one attached hydrogen (secondary N) is 1. The fraction of sp³-hybridized carbons (Fsp3) is 0.241. The Morgan fingerprint density at radius 2 is 1.86 bits per heavy atom. The summed E-state index contributed by atoms with van der Waals surface area (Å²) in [7, 11) is 1.51. The minimum absolute atomic E-state index is 0.108. The molecule has 0 aliphatic carbocycles. The number of amides is 4. The number of nitro benzene ring substituents is 1. The van der Waals surface area contributed by atoms with Gasteiger partial charge in [0.05, 0.1) is 34.0 Å². The molecule has 42 heavy (non-hydrogen) atoms. The first-order valence-corrected chi connectivity index (χ1v) is 14.1. The molecule has 7 rings (SSSR count). The molecule has 0 saturated carbocycles. The summed E-state index contributed by atoms with van der Waals surface area (Å²) in [4.78, 5) is 62.6. The highest BCUT2D eigenvalue weighted by atomic mass is 32.1. The molecule has 3 aromatic carbocycles. The van der Waals surface area contributed by atoms with E-state index in [1.165, 1.54) is 30.6 Å². The smallest absolute Gasteiger partial charge is 0.335 e. The van der Waals surface area contributed by atoms with Crippen molar-refractivity contribution in [3.8, 4) is 5.75 Å². The Labute approximate surface area is 243 Å². The van der Waals surface area contributed by atoms with Crippen LogP contribution >= 0.6 is 11.3 Å². The number of para-hydroxylation sites is 1. The molecule has 4 amide bonds. The second-order valence-corrected chi connectivity index (χ2v) is 11.4. The van der Waals surface area contributed by atoms with Gasteiger partial charge in [-0.25, -0.2) is 14.7 Å². The molecule has 2 atom stereocenters. The lowest BCUT2D eigenvalue weighted by Crippen LogP contribution is -2.75. The number of thiazole rings is 1. The summed E-state index contributed by atoms with van der Waals surface area (Å²) in [5.74, 6) is -0.862. The third-order valence-corrected chi connectivity index (χ3v) is 9.40. The molecule has 12 nitrogen and oxygen atoms in total. The molecule has 1 N–H and O–H groups in total. The number of anilines is 3. The minimum atomic E-state index is -1.74. The SMILES string of the molecule is COc1ccc(N2C(=O)NC(=O)[C@@]3(Cc4cc([N+](=O)[O-])ccc4N4CCN(c5nc6ccccc6s5)C[C@@H]43)C2=O)cc1. The molecular formula is C29H24N6O6S. The lowest BCUT2D eigenvalue weighted by molar-refractivity contribution is -0.384. The van der Waals surface area contributed by atoms with Gasteiger partial charge in [-0.2, -0.15) is 0 Å². The van der Waals surface area contributed by atoms with Gasteiger partial charge in [-0.1, -0.05) is 23.5 Å². The number of imide groups is 2. The van der Waals surface area contributed by atoms with Crippen LogP contribution in [0.1, 0.15) is 5.56 Å². The van der Waals surface area contributed by atoms with Crippen LogP contribution in [0, 0.1) is 15.5 Å². The normalized spacial score (nSPS) is 21.8. The Bertz CT molecular complexity index is 1760. The fourth-order valence-corrected chi connectivity index (χ4v) is 7.26. The van der Waals surface area contributed by atoms with E-state index in [9.17, 15) is 24.5 Å². The number of fused-ring (bicyclic) bond motifs is 5. The first kappa shape index (κ1) is 25.9. The van der Waals surface area contributed by atoms with Gasteiger partial charge in [0, 0.05) is 43.9 Å². The van der Waals surface area contributed by atoms with Crippen LogP contribution in [0.3, 0.4) is 0 Å². The third kappa shape index (κ3) is 3.80. The monoisotopic (exact) mass is 584 g/mol. The maximum absolute atomic E-state index is 14.6. The molecule has 1 spiro atoms. The van der Waals surface area contributed by atoms with Crippen molar-refractivity contribution in [1.82, 2.24) is 10.3 Å². The predicted molar refractivity (Wildman–Crippen MR) is 156 cm³/mol. The summed E-state index contributed by atoms with van der Waals surface area (Å²) >= 11 is 1.53. The molecule has 212 valence electrons. The van der Waals surface area contributed by atoms with Gasteiger partial charge in [0.2, 0.25) is 5.91 Å². The van der Waals surface area contributed by atoms with Crippen molar-refractivity contribution in [1.29, 1.82) is 0 Å². The largest absolute Gasteiger partial charge is 0.497 e. The summed E-state index contributed by atoms with van der Waals surface area (Å²) in [5.41, 5.74) is 0.488. The summed E-state index contributed by atoms with van der Waals surface area (Å²) < 4.78 is 6.24. The molecule has 2 fully saturated rings. The highest BCUT2D eigenvalue weighted by Gasteiger charge is 2.63. The molecule has 0 unspecified atom stereocenters. The average molecular weight is 585 g/mol. The molecule has 0 bridgehead atoms. The highest BCUT2D eigenvalue weighted by molar-refractivity contribution is 7.22. The molecule has 13 heteroatoms. The second-order valence-electron chi connectivity index (χ2n) is 10.4. The molecule has 2 saturated heterocycles. The van der Waals surface area contributed by atoms with E-state index in [1.54, 1.807) is 30.3 Å². The number of urea groups is 1. The number of carbonyl (C=O) groups excluding carboxylic acids is 3. The number of hydrogen-bond acceptors (Lipinski definition) is 10. The van der Waals surface area contributed by atoms with Crippen LogP contribution in [-0.2, 0) is 16.0 Å². The number of piperazine rings is 1. The number of aromatic nitrogens is 1. The van der Waals surface area contributed by atoms with Crippen LogP contribution in [0.4, 0.5) is 27.0 Å². The number of nitro groups is 1. The van der Waals surface area contributed by atoms with Gasteiger partial charge < -0.3 is 14.5 Å². The number of nitrogens with zero attached hydrogens (tertiary/aromatic N) is 5. The third-order valence-electron chi connectivity index (χ3n) is 8.30. The molecule has 0 radical (unpaired) electrons. The maximum atomic E-state index is 14.6. The number of non-ortho nitro benzene ring substituents is 1. The predicted octanol–water partition coefficient (Wildman–Crippen LogP) is 3.73. The zero-order valence-corrected chi connectivity index (χ0v) is 23.2. The maximum Gasteiger partial charge on any atom is 0.335 e. The molecule has 3 aliphatic heterocycles. The van der Waals surface area contributed by atoms with E-state index in [0.29, 0.717) is 24.4 Å². The number of hydrogen-bond donors (Lipinski definition) is 1. The average Bonchev–Trinajstić information content (AvgIpc) is 3.44. The van der Waals surface area contributed by atoms with Gasteiger partial charge >= 0.3 is 6.03 Å². The van der Waals surface area contributed by atoms with E-state index >= 15 is 0 Å². The lowest BCUT2D eigenvalue weighted by atomic mass is 9.67. The molecular weight excluding hydrogens is 560 g/mol. The zero-order valence-electron chi connectivity index (χ0n) is 22.4. The number of rotatable bonds is 4. The number of barbiturate groups is 1. The number of carbonyl (C=O) groups is 3. The van der Waals surface area contributed by atoms with Crippen LogP contribution in [0.15, 0.2) is 66.7 Å². The van der Waals surface area contributed by atoms with Crippen molar-refractivity contribution in [2.75, 3.05) is 41.4 Å². The van der Waals surface area contributed by atoms with Crippen LogP contribution in [-0.4, -0.2) is 60.5 Å². The van der Waals surface area contributed by atoms with Crippen LogP contribution in [0.2, 0.25) is 0 Å². The van der Waals surface area contributed by atoms with Gasteiger partial charge in [-0.05, 0) is 48.0 Å². The van der Waals surface area contributed by atoms with Crippen molar-refractivity contribution >= 4 is 61.6 Å². The Kier molecular flexibility index (Phi) is 5.87. The van der Waals surface area contributed by atoms with E-state index in [1.807, 2.05) is 29.2 Å². The van der Waals surface area contributed by atoms with Crippen LogP contribution in [0.25, 0.3) is 10.2 Å². The van der Waals surface area contributed by atoms with E-state index in [4.69, 9.17) is 9.72 Å². The van der Waals surface area contributed by atoms with Gasteiger partial charge in [0.1, 0.15) is 5.75 Å². The summed E-state index contributed by atoms with van der Waals surface area (Å²) in [6.45, 7) is 1.27. The van der Waals surface area contributed by atoms with Crippen molar-refractivity contribution in [3.05, 3.63) is 82.4 Å². The van der Waals surface area contributed by atoms with Crippen LogP contribution < -0.4 is 24.8 Å². The first-order valence-electron chi connectivity index (χ1n) is 13.3. The van der Waals surface area contributed by atoms with E-state index < -0.39 is 34.2 Å². The summed E-state index contributed by atoms with van der Waals surface area (Å²) in [5, 5.41) is 14.8. The van der Waals surface area contributed by atoms with E-state index in [-0.39, 0.29) is 24.3 Å². The van der Waals surface area contributed by atoms with E-state index in [0.717, 1.165) is 25.9 Å². The quantitative estimate of drug-likeness (QED) is 0.216. The van der Waals surface area contributed by atoms with Gasteiger partial charge in [-0.3, -0.25) is 25.0 Å².